The maximum atomic E-state index is 12.1. The lowest BCUT2D eigenvalue weighted by molar-refractivity contribution is -0.120. The number of fused-ring (bicyclic) bond motifs is 1. The fraction of sp³-hybridized carbons (Fsp3) is 0.278. The Morgan fingerprint density at radius 1 is 1.04 bits per heavy atom. The van der Waals surface area contributed by atoms with Crippen molar-refractivity contribution in [3.05, 3.63) is 53.6 Å². The number of hydrogen-bond acceptors (Lipinski definition) is 4. The Kier molecular flexibility index (Phi) is 4.37. The minimum absolute atomic E-state index is 0.0134. The van der Waals surface area contributed by atoms with E-state index in [-0.39, 0.29) is 12.7 Å². The van der Waals surface area contributed by atoms with Crippen molar-refractivity contribution in [1.82, 2.24) is 5.32 Å². The van der Waals surface area contributed by atoms with Crippen LogP contribution in [-0.4, -0.2) is 26.8 Å². The van der Waals surface area contributed by atoms with Crippen molar-refractivity contribution in [2.75, 3.05) is 25.8 Å². The van der Waals surface area contributed by atoms with E-state index in [1.54, 1.807) is 0 Å². The summed E-state index contributed by atoms with van der Waals surface area (Å²) in [6.45, 7) is 0.769. The molecule has 23 heavy (non-hydrogen) atoms. The predicted molar refractivity (Wildman–Crippen MR) is 88.9 cm³/mol. The van der Waals surface area contributed by atoms with E-state index in [0.29, 0.717) is 18.7 Å². The summed E-state index contributed by atoms with van der Waals surface area (Å²) in [6.07, 6.45) is 0.326. The van der Waals surface area contributed by atoms with Crippen molar-refractivity contribution in [2.24, 2.45) is 0 Å². The first kappa shape index (κ1) is 15.2. The van der Waals surface area contributed by atoms with Gasteiger partial charge in [-0.25, -0.2) is 0 Å². The molecule has 0 aromatic heterocycles. The summed E-state index contributed by atoms with van der Waals surface area (Å²) in [5, 5.41) is 2.94. The van der Waals surface area contributed by atoms with Crippen molar-refractivity contribution >= 4 is 11.6 Å². The van der Waals surface area contributed by atoms with Crippen LogP contribution >= 0.6 is 0 Å². The van der Waals surface area contributed by atoms with Gasteiger partial charge in [-0.15, -0.1) is 0 Å². The molecular formula is C18H20N2O3. The fourth-order valence-electron chi connectivity index (χ4n) is 2.41. The number of anilines is 1. The molecule has 0 spiro atoms. The quantitative estimate of drug-likeness (QED) is 0.921. The molecule has 0 fully saturated rings. The molecule has 0 saturated carbocycles. The summed E-state index contributed by atoms with van der Waals surface area (Å²) >= 11 is 0. The van der Waals surface area contributed by atoms with E-state index in [0.717, 1.165) is 22.6 Å². The van der Waals surface area contributed by atoms with Crippen LogP contribution in [0.1, 0.15) is 11.1 Å². The Bertz CT molecular complexity index is 696. The SMILES string of the molecule is CN(C)c1ccc(CNC(=O)Cc2ccc3c(c2)OCO3)cc1. The Labute approximate surface area is 135 Å². The number of ether oxygens (including phenoxy) is 2. The second kappa shape index (κ2) is 6.60. The van der Waals surface area contributed by atoms with Crippen molar-refractivity contribution in [2.45, 2.75) is 13.0 Å². The van der Waals surface area contributed by atoms with Gasteiger partial charge in [0, 0.05) is 26.3 Å². The molecule has 120 valence electrons. The van der Waals surface area contributed by atoms with E-state index in [1.165, 1.54) is 0 Å². The topological polar surface area (TPSA) is 50.8 Å². The van der Waals surface area contributed by atoms with Gasteiger partial charge in [-0.2, -0.15) is 0 Å². The first-order valence-corrected chi connectivity index (χ1v) is 7.53. The van der Waals surface area contributed by atoms with Crippen molar-refractivity contribution < 1.29 is 14.3 Å². The van der Waals surface area contributed by atoms with E-state index < -0.39 is 0 Å². The minimum atomic E-state index is -0.0134. The summed E-state index contributed by atoms with van der Waals surface area (Å²) < 4.78 is 10.6. The molecular weight excluding hydrogens is 292 g/mol. The number of nitrogens with one attached hydrogen (secondary N) is 1. The smallest absolute Gasteiger partial charge is 0.231 e. The average Bonchev–Trinajstić information content (AvgIpc) is 3.01. The molecule has 2 aromatic rings. The predicted octanol–water partition coefficient (Wildman–Crippen LogP) is 2.34. The third-order valence-corrected chi connectivity index (χ3v) is 3.74. The van der Waals surface area contributed by atoms with Gasteiger partial charge in [0.25, 0.3) is 0 Å². The molecule has 1 aliphatic heterocycles. The highest BCUT2D eigenvalue weighted by molar-refractivity contribution is 5.78. The highest BCUT2D eigenvalue weighted by Gasteiger charge is 2.14. The second-order valence-electron chi connectivity index (χ2n) is 5.70. The molecule has 1 heterocycles. The molecule has 3 rings (SSSR count). The van der Waals surface area contributed by atoms with Crippen LogP contribution in [0.3, 0.4) is 0 Å². The number of amides is 1. The van der Waals surface area contributed by atoms with Gasteiger partial charge in [0.2, 0.25) is 12.7 Å². The first-order chi connectivity index (χ1) is 11.1. The Hall–Kier alpha value is -2.69. The minimum Gasteiger partial charge on any atom is -0.454 e. The Morgan fingerprint density at radius 2 is 1.74 bits per heavy atom. The van der Waals surface area contributed by atoms with Crippen LogP contribution in [0, 0.1) is 0 Å². The van der Waals surface area contributed by atoms with Gasteiger partial charge in [0.15, 0.2) is 11.5 Å². The van der Waals surface area contributed by atoms with E-state index >= 15 is 0 Å². The summed E-state index contributed by atoms with van der Waals surface area (Å²) in [6, 6.07) is 13.7. The number of carbonyl (C=O) groups excluding carboxylic acids is 1. The van der Waals surface area contributed by atoms with E-state index in [2.05, 4.69) is 5.32 Å². The first-order valence-electron chi connectivity index (χ1n) is 7.53. The largest absolute Gasteiger partial charge is 0.454 e. The lowest BCUT2D eigenvalue weighted by Crippen LogP contribution is -2.24. The van der Waals surface area contributed by atoms with Gasteiger partial charge in [-0.1, -0.05) is 18.2 Å². The number of benzene rings is 2. The van der Waals surface area contributed by atoms with Gasteiger partial charge in [0.1, 0.15) is 0 Å². The normalized spacial score (nSPS) is 12.1. The number of hydrogen-bond donors (Lipinski definition) is 1. The van der Waals surface area contributed by atoms with Gasteiger partial charge in [-0.05, 0) is 35.4 Å². The van der Waals surface area contributed by atoms with Crippen molar-refractivity contribution in [1.29, 1.82) is 0 Å². The van der Waals surface area contributed by atoms with Crippen LogP contribution in [0.5, 0.6) is 11.5 Å². The van der Waals surface area contributed by atoms with E-state index in [9.17, 15) is 4.79 Å². The third kappa shape index (κ3) is 3.74. The van der Waals surface area contributed by atoms with Crippen LogP contribution in [0.15, 0.2) is 42.5 Å². The summed E-state index contributed by atoms with van der Waals surface area (Å²) in [5.41, 5.74) is 3.13. The molecule has 0 aliphatic carbocycles. The van der Waals surface area contributed by atoms with Gasteiger partial charge in [0.05, 0.1) is 6.42 Å². The lowest BCUT2D eigenvalue weighted by Gasteiger charge is -2.13. The number of rotatable bonds is 5. The molecule has 1 N–H and O–H groups in total. The lowest BCUT2D eigenvalue weighted by atomic mass is 10.1. The van der Waals surface area contributed by atoms with Crippen molar-refractivity contribution in [3.63, 3.8) is 0 Å². The van der Waals surface area contributed by atoms with E-state index in [4.69, 9.17) is 9.47 Å². The summed E-state index contributed by atoms with van der Waals surface area (Å²) in [5.74, 6) is 1.42. The van der Waals surface area contributed by atoms with Crippen LogP contribution in [-0.2, 0) is 17.8 Å². The number of carbonyl (C=O) groups is 1. The van der Waals surface area contributed by atoms with Crippen molar-refractivity contribution in [3.8, 4) is 11.5 Å². The monoisotopic (exact) mass is 312 g/mol. The molecule has 5 heteroatoms. The number of nitrogens with zero attached hydrogens (tertiary/aromatic N) is 1. The zero-order valence-corrected chi connectivity index (χ0v) is 13.3. The highest BCUT2D eigenvalue weighted by atomic mass is 16.7. The molecule has 0 saturated heterocycles. The maximum Gasteiger partial charge on any atom is 0.231 e. The molecule has 0 bridgehead atoms. The van der Waals surface area contributed by atoms with Gasteiger partial charge >= 0.3 is 0 Å². The zero-order chi connectivity index (χ0) is 16.2. The highest BCUT2D eigenvalue weighted by Crippen LogP contribution is 2.32. The fourth-order valence-corrected chi connectivity index (χ4v) is 2.41. The molecule has 1 aliphatic rings. The standard InChI is InChI=1S/C18H20N2O3/c1-20(2)15-6-3-13(4-7-15)11-19-18(21)10-14-5-8-16-17(9-14)23-12-22-16/h3-9H,10-12H2,1-2H3,(H,19,21). The Balaban J connectivity index is 1.53. The molecule has 1 amide bonds. The van der Waals surface area contributed by atoms with Gasteiger partial charge < -0.3 is 19.7 Å². The van der Waals surface area contributed by atoms with Crippen LogP contribution in [0.2, 0.25) is 0 Å². The molecule has 0 unspecified atom stereocenters. The molecule has 0 atom stereocenters. The molecule has 0 radical (unpaired) electrons. The summed E-state index contributed by atoms with van der Waals surface area (Å²) in [4.78, 5) is 14.1. The van der Waals surface area contributed by atoms with E-state index in [1.807, 2.05) is 61.5 Å². The molecule has 5 nitrogen and oxygen atoms in total. The van der Waals surface area contributed by atoms with Gasteiger partial charge in [-0.3, -0.25) is 4.79 Å². The van der Waals surface area contributed by atoms with Crippen LogP contribution < -0.4 is 19.7 Å². The zero-order valence-electron chi connectivity index (χ0n) is 13.3. The third-order valence-electron chi connectivity index (χ3n) is 3.74. The van der Waals surface area contributed by atoms with Crippen LogP contribution in [0.25, 0.3) is 0 Å². The second-order valence-corrected chi connectivity index (χ2v) is 5.70. The van der Waals surface area contributed by atoms with Crippen LogP contribution in [0.4, 0.5) is 5.69 Å². The average molecular weight is 312 g/mol. The Morgan fingerprint density at radius 3 is 2.48 bits per heavy atom. The maximum absolute atomic E-state index is 12.1. The molecule has 2 aromatic carbocycles. The summed E-state index contributed by atoms with van der Waals surface area (Å²) in [7, 11) is 4.00.